The molecule has 2 aliphatic rings. The third kappa shape index (κ3) is 3.38. The number of thioether (sulfide) groups is 1. The van der Waals surface area contributed by atoms with E-state index in [1.165, 1.54) is 37.2 Å². The summed E-state index contributed by atoms with van der Waals surface area (Å²) in [6, 6.07) is 5.02. The van der Waals surface area contributed by atoms with Gasteiger partial charge in [0.25, 0.3) is 0 Å². The van der Waals surface area contributed by atoms with Crippen molar-refractivity contribution in [2.45, 2.75) is 63.3 Å². The molecule has 2 aliphatic carbocycles. The minimum Gasteiger partial charge on any atom is -0.464 e. The number of hydrogen-bond donors (Lipinski definition) is 1. The normalized spacial score (nSPS) is 33.8. The molecule has 1 heterocycles. The van der Waals surface area contributed by atoms with Gasteiger partial charge in [0.2, 0.25) is 0 Å². The molecule has 0 bridgehead atoms. The zero-order valence-corrected chi connectivity index (χ0v) is 12.8. The Morgan fingerprint density at radius 3 is 2.89 bits per heavy atom. The van der Waals surface area contributed by atoms with Crippen molar-refractivity contribution in [3.63, 3.8) is 0 Å². The summed E-state index contributed by atoms with van der Waals surface area (Å²) < 4.78 is 5.94. The smallest absolute Gasteiger partial charge is 0.117 e. The quantitative estimate of drug-likeness (QED) is 0.846. The van der Waals surface area contributed by atoms with Crippen molar-refractivity contribution in [2.24, 2.45) is 5.92 Å². The van der Waals surface area contributed by atoms with E-state index in [4.69, 9.17) is 4.42 Å². The van der Waals surface area contributed by atoms with E-state index in [2.05, 4.69) is 43.1 Å². The summed E-state index contributed by atoms with van der Waals surface area (Å²) in [5, 5.41) is 4.54. The Bertz CT molecular complexity index is 417. The Morgan fingerprint density at radius 2 is 2.16 bits per heavy atom. The molecule has 1 N–H and O–H groups in total. The number of hydrogen-bond acceptors (Lipinski definition) is 3. The molecular formula is C16H25NOS. The highest BCUT2D eigenvalue weighted by Gasteiger charge is 2.36. The second-order valence-electron chi connectivity index (χ2n) is 6.09. The molecule has 0 aromatic carbocycles. The van der Waals surface area contributed by atoms with Gasteiger partial charge >= 0.3 is 0 Å². The van der Waals surface area contributed by atoms with Gasteiger partial charge in [0.05, 0.1) is 6.54 Å². The highest BCUT2D eigenvalue weighted by molar-refractivity contribution is 7.99. The Labute approximate surface area is 120 Å². The summed E-state index contributed by atoms with van der Waals surface area (Å²) >= 11 is 2.12. The predicted octanol–water partition coefficient (Wildman–Crippen LogP) is 4.17. The first-order valence-electron chi connectivity index (χ1n) is 7.70. The van der Waals surface area contributed by atoms with Crippen LogP contribution in [-0.2, 0) is 6.54 Å². The van der Waals surface area contributed by atoms with E-state index < -0.39 is 0 Å². The van der Waals surface area contributed by atoms with Crippen LogP contribution in [0.15, 0.2) is 16.5 Å². The Morgan fingerprint density at radius 1 is 1.32 bits per heavy atom. The average molecular weight is 279 g/mol. The summed E-state index contributed by atoms with van der Waals surface area (Å²) in [6.45, 7) is 5.46. The fraction of sp³-hybridized carbons (Fsp3) is 0.750. The third-order valence-corrected chi connectivity index (χ3v) is 5.74. The van der Waals surface area contributed by atoms with E-state index in [1.54, 1.807) is 0 Å². The molecule has 106 valence electrons. The van der Waals surface area contributed by atoms with E-state index in [0.717, 1.165) is 23.5 Å². The van der Waals surface area contributed by atoms with Crippen molar-refractivity contribution in [2.75, 3.05) is 5.75 Å². The van der Waals surface area contributed by atoms with Gasteiger partial charge in [-0.05, 0) is 49.5 Å². The fourth-order valence-corrected chi connectivity index (χ4v) is 4.31. The van der Waals surface area contributed by atoms with Crippen LogP contribution < -0.4 is 5.32 Å². The van der Waals surface area contributed by atoms with Crippen LogP contribution >= 0.6 is 11.8 Å². The fourth-order valence-electron chi connectivity index (χ4n) is 3.16. The molecule has 1 aromatic rings. The van der Waals surface area contributed by atoms with Gasteiger partial charge in [0.1, 0.15) is 11.5 Å². The lowest BCUT2D eigenvalue weighted by Crippen LogP contribution is -2.25. The Balaban J connectivity index is 1.44. The SMILES string of the molecule is CCSC1CCC(NCc2ccc(C3CC3C)o2)C1. The topological polar surface area (TPSA) is 25.2 Å². The van der Waals surface area contributed by atoms with Crippen LogP contribution in [0.25, 0.3) is 0 Å². The standard InChI is InChI=1S/C16H25NOS/c1-3-19-14-6-4-12(9-14)17-10-13-5-7-16(18-13)15-8-11(15)2/h5,7,11-12,14-15,17H,3-4,6,8-10H2,1-2H3. The second kappa shape index (κ2) is 5.92. The first-order valence-corrected chi connectivity index (χ1v) is 8.74. The lowest BCUT2D eigenvalue weighted by atomic mass is 10.2. The van der Waals surface area contributed by atoms with Gasteiger partial charge in [0.15, 0.2) is 0 Å². The number of rotatable bonds is 6. The van der Waals surface area contributed by atoms with E-state index in [0.29, 0.717) is 12.0 Å². The minimum atomic E-state index is 0.692. The lowest BCUT2D eigenvalue weighted by molar-refractivity contribution is 0.421. The van der Waals surface area contributed by atoms with Gasteiger partial charge < -0.3 is 9.73 Å². The van der Waals surface area contributed by atoms with Gasteiger partial charge in [-0.25, -0.2) is 0 Å². The average Bonchev–Trinajstić information content (AvgIpc) is 2.84. The molecule has 0 aliphatic heterocycles. The maximum atomic E-state index is 5.94. The van der Waals surface area contributed by atoms with Crippen LogP contribution in [0.3, 0.4) is 0 Å². The van der Waals surface area contributed by atoms with Gasteiger partial charge in [-0.1, -0.05) is 13.8 Å². The van der Waals surface area contributed by atoms with Crippen molar-refractivity contribution in [1.82, 2.24) is 5.32 Å². The van der Waals surface area contributed by atoms with Crippen LogP contribution in [0.2, 0.25) is 0 Å². The van der Waals surface area contributed by atoms with Crippen molar-refractivity contribution in [1.29, 1.82) is 0 Å². The van der Waals surface area contributed by atoms with Gasteiger partial charge in [0, 0.05) is 17.2 Å². The summed E-state index contributed by atoms with van der Waals surface area (Å²) in [4.78, 5) is 0. The van der Waals surface area contributed by atoms with Crippen molar-refractivity contribution in [3.8, 4) is 0 Å². The summed E-state index contributed by atoms with van der Waals surface area (Å²) in [5.41, 5.74) is 0. The minimum absolute atomic E-state index is 0.692. The predicted molar refractivity (Wildman–Crippen MR) is 81.6 cm³/mol. The monoisotopic (exact) mass is 279 g/mol. The largest absolute Gasteiger partial charge is 0.464 e. The molecule has 0 radical (unpaired) electrons. The Kier molecular flexibility index (Phi) is 4.23. The van der Waals surface area contributed by atoms with Gasteiger partial charge in [-0.2, -0.15) is 11.8 Å². The van der Waals surface area contributed by atoms with Crippen molar-refractivity contribution in [3.05, 3.63) is 23.7 Å². The van der Waals surface area contributed by atoms with Crippen LogP contribution in [0.1, 0.15) is 57.0 Å². The van der Waals surface area contributed by atoms with E-state index in [-0.39, 0.29) is 0 Å². The Hall–Kier alpha value is -0.410. The van der Waals surface area contributed by atoms with Crippen molar-refractivity contribution < 1.29 is 4.42 Å². The van der Waals surface area contributed by atoms with Crippen LogP contribution in [0.5, 0.6) is 0 Å². The maximum Gasteiger partial charge on any atom is 0.117 e. The lowest BCUT2D eigenvalue weighted by Gasteiger charge is -2.11. The molecule has 2 fully saturated rings. The molecule has 2 nitrogen and oxygen atoms in total. The molecule has 2 saturated carbocycles. The molecule has 19 heavy (non-hydrogen) atoms. The zero-order chi connectivity index (χ0) is 13.2. The van der Waals surface area contributed by atoms with Gasteiger partial charge in [-0.3, -0.25) is 0 Å². The van der Waals surface area contributed by atoms with Crippen LogP contribution in [0.4, 0.5) is 0 Å². The molecule has 0 spiro atoms. The molecule has 0 saturated heterocycles. The molecular weight excluding hydrogens is 254 g/mol. The maximum absolute atomic E-state index is 5.94. The molecule has 4 unspecified atom stereocenters. The molecule has 0 amide bonds. The van der Waals surface area contributed by atoms with Crippen LogP contribution in [0, 0.1) is 5.92 Å². The van der Waals surface area contributed by atoms with E-state index in [1.807, 2.05) is 0 Å². The second-order valence-corrected chi connectivity index (χ2v) is 7.67. The summed E-state index contributed by atoms with van der Waals surface area (Å²) in [6.07, 6.45) is 5.33. The molecule has 3 rings (SSSR count). The summed E-state index contributed by atoms with van der Waals surface area (Å²) in [5.74, 6) is 5.09. The van der Waals surface area contributed by atoms with Gasteiger partial charge in [-0.15, -0.1) is 0 Å². The highest BCUT2D eigenvalue weighted by atomic mass is 32.2. The summed E-state index contributed by atoms with van der Waals surface area (Å²) in [7, 11) is 0. The van der Waals surface area contributed by atoms with E-state index in [9.17, 15) is 0 Å². The number of furan rings is 1. The molecule has 4 atom stereocenters. The third-order valence-electron chi connectivity index (χ3n) is 4.51. The van der Waals surface area contributed by atoms with Crippen molar-refractivity contribution >= 4 is 11.8 Å². The first-order chi connectivity index (χ1) is 9.26. The zero-order valence-electron chi connectivity index (χ0n) is 12.0. The molecule has 3 heteroatoms. The van der Waals surface area contributed by atoms with Crippen LogP contribution in [-0.4, -0.2) is 17.0 Å². The van der Waals surface area contributed by atoms with E-state index >= 15 is 0 Å². The number of nitrogens with one attached hydrogen (secondary N) is 1. The first kappa shape index (κ1) is 13.6. The molecule has 1 aromatic heterocycles. The highest BCUT2D eigenvalue weighted by Crippen LogP contribution is 2.47.